The molecule has 0 fully saturated rings. The van der Waals surface area contributed by atoms with Crippen LogP contribution in [-0.4, -0.2) is 27.8 Å². The van der Waals surface area contributed by atoms with E-state index in [4.69, 9.17) is 4.84 Å². The molecule has 1 aliphatic rings. The maximum Gasteiger partial charge on any atom is 0.383 e. The Bertz CT molecular complexity index is 927. The third kappa shape index (κ3) is 2.32. The van der Waals surface area contributed by atoms with Crippen molar-refractivity contribution in [1.29, 1.82) is 0 Å². The first kappa shape index (κ1) is 14.7. The lowest BCUT2D eigenvalue weighted by molar-refractivity contribution is -0.0587. The summed E-state index contributed by atoms with van der Waals surface area (Å²) < 4.78 is 0. The summed E-state index contributed by atoms with van der Waals surface area (Å²) >= 11 is 2.80. The van der Waals surface area contributed by atoms with Gasteiger partial charge in [0, 0.05) is 5.38 Å². The average molecular weight is 356 g/mol. The molecule has 1 aliphatic heterocycles. The fourth-order valence-electron chi connectivity index (χ4n) is 2.26. The summed E-state index contributed by atoms with van der Waals surface area (Å²) in [5.41, 5.74) is 0.487. The highest BCUT2D eigenvalue weighted by Crippen LogP contribution is 2.28. The molecule has 8 heteroatoms. The Labute approximate surface area is 143 Å². The smallest absolute Gasteiger partial charge is 0.322 e. The number of imide groups is 1. The van der Waals surface area contributed by atoms with Crippen LogP contribution < -0.4 is 0 Å². The van der Waals surface area contributed by atoms with E-state index in [2.05, 4.69) is 4.98 Å². The topological polar surface area (TPSA) is 76.6 Å². The standard InChI is InChI=1S/C16H8N2O4S2/c19-14-9-4-1-2-5-10(9)15(20)18(14)22-16(21)11-8-24-13(17-11)12-6-3-7-23-12/h1-8H. The minimum Gasteiger partial charge on any atom is -0.322 e. The van der Waals surface area contributed by atoms with Crippen LogP contribution in [0.25, 0.3) is 9.88 Å². The normalized spacial score (nSPS) is 13.2. The van der Waals surface area contributed by atoms with E-state index in [1.54, 1.807) is 12.1 Å². The van der Waals surface area contributed by atoms with Gasteiger partial charge in [0.2, 0.25) is 0 Å². The summed E-state index contributed by atoms with van der Waals surface area (Å²) in [4.78, 5) is 46.7. The Hall–Kier alpha value is -2.84. The summed E-state index contributed by atoms with van der Waals surface area (Å²) in [5, 5.41) is 4.61. The molecule has 6 nitrogen and oxygen atoms in total. The van der Waals surface area contributed by atoms with Gasteiger partial charge in [0.1, 0.15) is 5.01 Å². The number of carbonyl (C=O) groups is 3. The number of amides is 2. The SMILES string of the molecule is O=C(ON1C(=O)c2ccccc2C1=O)c1csc(-c2cccs2)n1. The minimum atomic E-state index is -0.844. The number of thiazole rings is 1. The van der Waals surface area contributed by atoms with Gasteiger partial charge in [0.25, 0.3) is 11.8 Å². The zero-order chi connectivity index (χ0) is 16.7. The monoisotopic (exact) mass is 356 g/mol. The number of hydrogen-bond donors (Lipinski definition) is 0. The van der Waals surface area contributed by atoms with Gasteiger partial charge >= 0.3 is 5.97 Å². The molecule has 0 N–H and O–H groups in total. The van der Waals surface area contributed by atoms with Gasteiger partial charge in [-0.2, -0.15) is 0 Å². The van der Waals surface area contributed by atoms with E-state index < -0.39 is 17.8 Å². The molecule has 0 saturated heterocycles. The van der Waals surface area contributed by atoms with Crippen molar-refractivity contribution in [3.8, 4) is 9.88 Å². The third-order valence-electron chi connectivity index (χ3n) is 3.38. The van der Waals surface area contributed by atoms with Gasteiger partial charge in [-0.1, -0.05) is 23.3 Å². The van der Waals surface area contributed by atoms with Gasteiger partial charge in [-0.15, -0.1) is 22.7 Å². The number of hydroxylamine groups is 2. The molecule has 0 unspecified atom stereocenters. The molecule has 2 aromatic heterocycles. The fraction of sp³-hybridized carbons (Fsp3) is 0. The van der Waals surface area contributed by atoms with Crippen LogP contribution >= 0.6 is 22.7 Å². The van der Waals surface area contributed by atoms with E-state index >= 15 is 0 Å². The van der Waals surface area contributed by atoms with Crippen molar-refractivity contribution < 1.29 is 19.2 Å². The van der Waals surface area contributed by atoms with Gasteiger partial charge in [0.15, 0.2) is 5.69 Å². The van der Waals surface area contributed by atoms with Crippen LogP contribution in [0.2, 0.25) is 0 Å². The zero-order valence-electron chi connectivity index (χ0n) is 12.0. The van der Waals surface area contributed by atoms with Crippen LogP contribution in [0.15, 0.2) is 47.2 Å². The molecule has 3 heterocycles. The molecule has 0 radical (unpaired) electrons. The Morgan fingerprint density at radius 1 is 1.00 bits per heavy atom. The number of nitrogens with zero attached hydrogens (tertiary/aromatic N) is 2. The summed E-state index contributed by atoms with van der Waals surface area (Å²) in [5.74, 6) is -2.15. The number of fused-ring (bicyclic) bond motifs is 1. The Morgan fingerprint density at radius 2 is 1.71 bits per heavy atom. The zero-order valence-corrected chi connectivity index (χ0v) is 13.6. The lowest BCUT2D eigenvalue weighted by Crippen LogP contribution is -2.32. The Balaban J connectivity index is 1.55. The lowest BCUT2D eigenvalue weighted by Gasteiger charge is -2.11. The first-order chi connectivity index (χ1) is 11.6. The van der Waals surface area contributed by atoms with Crippen LogP contribution in [0.3, 0.4) is 0 Å². The number of thiophene rings is 1. The molecular weight excluding hydrogens is 348 g/mol. The van der Waals surface area contributed by atoms with E-state index in [1.165, 1.54) is 40.2 Å². The van der Waals surface area contributed by atoms with Gasteiger partial charge in [-0.3, -0.25) is 9.59 Å². The van der Waals surface area contributed by atoms with Crippen molar-refractivity contribution in [2.24, 2.45) is 0 Å². The molecule has 4 rings (SSSR count). The first-order valence-electron chi connectivity index (χ1n) is 6.84. The van der Waals surface area contributed by atoms with E-state index in [-0.39, 0.29) is 16.8 Å². The second-order valence-electron chi connectivity index (χ2n) is 4.84. The Kier molecular flexibility index (Phi) is 3.47. The van der Waals surface area contributed by atoms with E-state index in [0.717, 1.165) is 4.88 Å². The van der Waals surface area contributed by atoms with Crippen LogP contribution in [0.4, 0.5) is 0 Å². The van der Waals surface area contributed by atoms with Crippen molar-refractivity contribution in [3.63, 3.8) is 0 Å². The molecule has 1 aromatic carbocycles. The van der Waals surface area contributed by atoms with Crippen LogP contribution in [0.1, 0.15) is 31.2 Å². The van der Waals surface area contributed by atoms with Crippen molar-refractivity contribution in [2.45, 2.75) is 0 Å². The number of aromatic nitrogens is 1. The molecule has 24 heavy (non-hydrogen) atoms. The number of benzene rings is 1. The maximum absolute atomic E-state index is 12.2. The largest absolute Gasteiger partial charge is 0.383 e. The molecule has 2 amide bonds. The van der Waals surface area contributed by atoms with E-state index in [9.17, 15) is 14.4 Å². The molecule has 3 aromatic rings. The van der Waals surface area contributed by atoms with Crippen LogP contribution in [0, 0.1) is 0 Å². The van der Waals surface area contributed by atoms with Gasteiger partial charge in [-0.05, 0) is 23.6 Å². The van der Waals surface area contributed by atoms with E-state index in [1.807, 2.05) is 17.5 Å². The Morgan fingerprint density at radius 3 is 2.33 bits per heavy atom. The fourth-order valence-corrected chi connectivity index (χ4v) is 3.86. The molecule has 0 bridgehead atoms. The maximum atomic E-state index is 12.2. The van der Waals surface area contributed by atoms with Gasteiger partial charge < -0.3 is 4.84 Å². The van der Waals surface area contributed by atoms with Crippen LogP contribution in [0.5, 0.6) is 0 Å². The summed E-state index contributed by atoms with van der Waals surface area (Å²) in [6.07, 6.45) is 0. The second kappa shape index (κ2) is 5.66. The highest BCUT2D eigenvalue weighted by Gasteiger charge is 2.39. The molecule has 0 spiro atoms. The van der Waals surface area contributed by atoms with Crippen molar-refractivity contribution in [1.82, 2.24) is 10.0 Å². The molecule has 118 valence electrons. The molecule has 0 saturated carbocycles. The van der Waals surface area contributed by atoms with Crippen molar-refractivity contribution in [3.05, 3.63) is 64.0 Å². The number of carbonyl (C=O) groups excluding carboxylic acids is 3. The predicted molar refractivity (Wildman–Crippen MR) is 87.8 cm³/mol. The number of rotatable bonds is 3. The van der Waals surface area contributed by atoms with E-state index in [0.29, 0.717) is 10.1 Å². The molecule has 0 aliphatic carbocycles. The third-order valence-corrected chi connectivity index (χ3v) is 5.26. The average Bonchev–Trinajstić information content (AvgIpc) is 3.32. The van der Waals surface area contributed by atoms with Crippen molar-refractivity contribution in [2.75, 3.05) is 0 Å². The van der Waals surface area contributed by atoms with Crippen molar-refractivity contribution >= 4 is 40.5 Å². The second-order valence-corrected chi connectivity index (χ2v) is 6.65. The first-order valence-corrected chi connectivity index (χ1v) is 8.60. The van der Waals surface area contributed by atoms with Crippen LogP contribution in [-0.2, 0) is 4.84 Å². The molecular formula is C16H8N2O4S2. The quantitative estimate of drug-likeness (QED) is 0.673. The highest BCUT2D eigenvalue weighted by molar-refractivity contribution is 7.20. The summed E-state index contributed by atoms with van der Waals surface area (Å²) in [6, 6.07) is 10.1. The summed E-state index contributed by atoms with van der Waals surface area (Å²) in [7, 11) is 0. The summed E-state index contributed by atoms with van der Waals surface area (Å²) in [6.45, 7) is 0. The predicted octanol–water partition coefficient (Wildman–Crippen LogP) is 3.24. The molecule has 0 atom stereocenters. The minimum absolute atomic E-state index is 0.0555. The van der Waals surface area contributed by atoms with Gasteiger partial charge in [-0.25, -0.2) is 9.78 Å². The van der Waals surface area contributed by atoms with Gasteiger partial charge in [0.05, 0.1) is 16.0 Å². The highest BCUT2D eigenvalue weighted by atomic mass is 32.1. The lowest BCUT2D eigenvalue weighted by atomic mass is 10.1. The number of hydrogen-bond acceptors (Lipinski definition) is 7.